The van der Waals surface area contributed by atoms with Gasteiger partial charge in [0.15, 0.2) is 0 Å². The lowest BCUT2D eigenvalue weighted by Gasteiger charge is -2.30. The highest BCUT2D eigenvalue weighted by Crippen LogP contribution is 2.60. The van der Waals surface area contributed by atoms with Crippen LogP contribution in [0, 0.1) is 22.7 Å². The van der Waals surface area contributed by atoms with Crippen LogP contribution in [0.25, 0.3) is 44.2 Å². The number of hydrogen-bond donors (Lipinski definition) is 4. The zero-order valence-corrected chi connectivity index (χ0v) is 37.2. The second-order valence-corrected chi connectivity index (χ2v) is 19.6. The summed E-state index contributed by atoms with van der Waals surface area (Å²) < 4.78 is 16.1. The Bertz CT molecular complexity index is 2700. The lowest BCUT2D eigenvalue weighted by atomic mass is 9.92. The topological polar surface area (TPSA) is 184 Å². The molecule has 0 radical (unpaired) electrons. The summed E-state index contributed by atoms with van der Waals surface area (Å²) in [6.07, 6.45) is 4.54. The number of aromatic amines is 2. The molecular formula is C47H53ClN8O7. The molecule has 0 unspecified atom stereocenters. The summed E-state index contributed by atoms with van der Waals surface area (Å²) in [6, 6.07) is 12.5. The van der Waals surface area contributed by atoms with Gasteiger partial charge in [-0.05, 0) is 102 Å². The average Bonchev–Trinajstić information content (AvgIpc) is 3.94. The fourth-order valence-corrected chi connectivity index (χ4v) is 10.5. The fourth-order valence-electron chi connectivity index (χ4n) is 10.2. The van der Waals surface area contributed by atoms with E-state index in [2.05, 4.69) is 50.9 Å². The number of carbonyl (C=O) groups is 4. The van der Waals surface area contributed by atoms with E-state index in [0.717, 1.165) is 94.2 Å². The molecule has 5 heterocycles. The molecule has 3 aliphatic heterocycles. The maximum absolute atomic E-state index is 14.1. The first-order chi connectivity index (χ1) is 30.2. The van der Waals surface area contributed by atoms with Crippen LogP contribution in [0.2, 0.25) is 5.15 Å². The zero-order valence-electron chi connectivity index (χ0n) is 36.4. The van der Waals surface area contributed by atoms with E-state index in [4.69, 9.17) is 35.8 Å². The molecule has 2 saturated carbocycles. The summed E-state index contributed by atoms with van der Waals surface area (Å²) >= 11 is 6.91. The number of hydrogen-bond acceptors (Lipinski definition) is 9. The van der Waals surface area contributed by atoms with Gasteiger partial charge in [-0.25, -0.2) is 19.6 Å². The number of likely N-dealkylation sites (tertiary alicyclic amines) is 2. The number of nitrogens with one attached hydrogen (secondary N) is 4. The third-order valence-corrected chi connectivity index (χ3v) is 14.5. The highest BCUT2D eigenvalue weighted by atomic mass is 35.5. The molecule has 0 bridgehead atoms. The minimum absolute atomic E-state index is 0.0541. The molecule has 15 nitrogen and oxygen atoms in total. The monoisotopic (exact) mass is 876 g/mol. The molecule has 4 atom stereocenters. The number of ether oxygens (including phenoxy) is 3. The van der Waals surface area contributed by atoms with Gasteiger partial charge in [-0.3, -0.25) is 9.59 Å². The van der Waals surface area contributed by atoms with Crippen molar-refractivity contribution in [2.45, 2.75) is 97.0 Å². The normalized spacial score (nSPS) is 21.1. The molecule has 2 spiro atoms. The zero-order chi connectivity index (χ0) is 44.1. The van der Waals surface area contributed by atoms with Crippen molar-refractivity contribution in [3.63, 3.8) is 0 Å². The van der Waals surface area contributed by atoms with Crippen molar-refractivity contribution < 1.29 is 33.4 Å². The van der Waals surface area contributed by atoms with E-state index in [9.17, 15) is 19.2 Å². The molecule has 3 aromatic carbocycles. The largest absolute Gasteiger partial charge is 0.488 e. The molecule has 330 valence electrons. The number of H-pyrrole nitrogens is 2. The SMILES string of the molecule is COC(=O)N[C@H](C(=O)N1CC2(CC2)C[C@H]1c1nc(-c2ccc3c(c2)COc2cc4c(ccc5[nH]c([C@@H]6CC7(CC7)CN6C(=O)[C@@H](NC(=O)OC)C(C)C)nc54)cc2-3)c(Cl)[nH]1)C(C)C. The van der Waals surface area contributed by atoms with E-state index in [1.165, 1.54) is 14.2 Å². The van der Waals surface area contributed by atoms with Gasteiger partial charge in [0.2, 0.25) is 11.8 Å². The van der Waals surface area contributed by atoms with E-state index in [1.54, 1.807) is 0 Å². The Labute approximate surface area is 370 Å². The Kier molecular flexibility index (Phi) is 9.92. The number of rotatable bonds is 9. The van der Waals surface area contributed by atoms with Crippen LogP contribution in [-0.2, 0) is 25.7 Å². The highest BCUT2D eigenvalue weighted by Gasteiger charge is 2.56. The smallest absolute Gasteiger partial charge is 0.407 e. The van der Waals surface area contributed by atoms with Gasteiger partial charge >= 0.3 is 12.2 Å². The van der Waals surface area contributed by atoms with Crippen molar-refractivity contribution in [2.75, 3.05) is 27.3 Å². The molecule has 2 aromatic heterocycles. The van der Waals surface area contributed by atoms with E-state index in [-0.39, 0.29) is 46.6 Å². The minimum atomic E-state index is -0.737. The van der Waals surface area contributed by atoms with Gasteiger partial charge in [0.25, 0.3) is 0 Å². The maximum atomic E-state index is 14.1. The Hall–Kier alpha value is -5.83. The standard InChI is InChI=1S/C47H53ClN8O7/c1-23(2)35(52-44(59)61-5)42(57)55-21-46(11-12-46)18-32(55)40-49-31-10-8-25-16-30-28-9-7-26(15-27(28)20-63-34(30)17-29(25)38(31)51-40)37-39(48)54-41(50-37)33-19-47(13-14-47)22-56(33)43(58)36(24(3)4)53-45(60)62-6/h7-10,15-17,23-24,32-33,35-36H,11-14,18-22H2,1-6H3,(H,49,51)(H,50,54)(H,52,59)(H,53,60)/t32-,33-,35-,36-/m0/s1. The predicted octanol–water partition coefficient (Wildman–Crippen LogP) is 8.19. The van der Waals surface area contributed by atoms with Gasteiger partial charge in [0.1, 0.15) is 46.9 Å². The summed E-state index contributed by atoms with van der Waals surface area (Å²) in [7, 11) is 2.59. The van der Waals surface area contributed by atoms with E-state index in [0.29, 0.717) is 36.4 Å². The first-order valence-electron chi connectivity index (χ1n) is 22.0. The van der Waals surface area contributed by atoms with Crippen molar-refractivity contribution >= 4 is 57.4 Å². The van der Waals surface area contributed by atoms with Crippen molar-refractivity contribution in [3.05, 3.63) is 64.8 Å². The molecule has 5 aromatic rings. The van der Waals surface area contributed by atoms with Crippen LogP contribution in [0.5, 0.6) is 5.75 Å². The number of fused-ring (bicyclic) bond motifs is 6. The first kappa shape index (κ1) is 41.2. The Morgan fingerprint density at radius 2 is 1.37 bits per heavy atom. The third-order valence-electron chi connectivity index (χ3n) is 14.2. The van der Waals surface area contributed by atoms with Gasteiger partial charge < -0.3 is 44.6 Å². The van der Waals surface area contributed by atoms with E-state index < -0.39 is 24.3 Å². The quantitative estimate of drug-likeness (QED) is 0.113. The lowest BCUT2D eigenvalue weighted by Crippen LogP contribution is -2.51. The maximum Gasteiger partial charge on any atom is 0.407 e. The third kappa shape index (κ3) is 7.21. The average molecular weight is 877 g/mol. The van der Waals surface area contributed by atoms with Crippen molar-refractivity contribution in [2.24, 2.45) is 22.7 Å². The van der Waals surface area contributed by atoms with Crippen LogP contribution in [-0.4, -0.2) is 93.1 Å². The summed E-state index contributed by atoms with van der Waals surface area (Å²) in [5.74, 6) is 1.56. The number of amides is 4. The van der Waals surface area contributed by atoms with Crippen molar-refractivity contribution in [1.29, 1.82) is 0 Å². The molecule has 16 heteroatoms. The summed E-state index contributed by atoms with van der Waals surface area (Å²) in [5.41, 5.74) is 6.26. The van der Waals surface area contributed by atoms with Gasteiger partial charge in [-0.1, -0.05) is 57.5 Å². The van der Waals surface area contributed by atoms with E-state index in [1.807, 2.05) is 49.6 Å². The second-order valence-electron chi connectivity index (χ2n) is 19.2. The van der Waals surface area contributed by atoms with Gasteiger partial charge in [-0.15, -0.1) is 0 Å². The number of carbonyl (C=O) groups excluding carboxylic acids is 4. The van der Waals surface area contributed by atoms with Crippen molar-refractivity contribution in [3.8, 4) is 28.1 Å². The predicted molar refractivity (Wildman–Crippen MR) is 236 cm³/mol. The fraction of sp³-hybridized carbons (Fsp3) is 0.489. The molecule has 10 rings (SSSR count). The number of benzene rings is 3. The van der Waals surface area contributed by atoms with Crippen LogP contribution in [0.1, 0.15) is 95.5 Å². The van der Waals surface area contributed by atoms with Crippen LogP contribution in [0.3, 0.4) is 0 Å². The molecule has 63 heavy (non-hydrogen) atoms. The lowest BCUT2D eigenvalue weighted by molar-refractivity contribution is -0.136. The second kappa shape index (κ2) is 15.2. The van der Waals surface area contributed by atoms with Crippen LogP contribution >= 0.6 is 11.6 Å². The summed E-state index contributed by atoms with van der Waals surface area (Å²) in [4.78, 5) is 73.4. The first-order valence-corrected chi connectivity index (χ1v) is 22.4. The molecular weight excluding hydrogens is 824 g/mol. The number of methoxy groups -OCH3 is 2. The number of halogens is 1. The summed E-state index contributed by atoms with van der Waals surface area (Å²) in [5, 5.41) is 7.85. The van der Waals surface area contributed by atoms with Gasteiger partial charge in [0.05, 0.1) is 37.3 Å². The number of aromatic nitrogens is 4. The number of nitrogens with zero attached hydrogens (tertiary/aromatic N) is 4. The van der Waals surface area contributed by atoms with Crippen LogP contribution in [0.4, 0.5) is 9.59 Å². The number of imidazole rings is 2. The van der Waals surface area contributed by atoms with E-state index >= 15 is 0 Å². The van der Waals surface area contributed by atoms with Crippen LogP contribution < -0.4 is 15.4 Å². The molecule has 4 amide bonds. The number of alkyl carbamates (subject to hydrolysis) is 2. The Balaban J connectivity index is 0.925. The van der Waals surface area contributed by atoms with Gasteiger partial charge in [-0.2, -0.15) is 0 Å². The molecule has 4 N–H and O–H groups in total. The Morgan fingerprint density at radius 1 is 0.778 bits per heavy atom. The van der Waals surface area contributed by atoms with Crippen LogP contribution in [0.15, 0.2) is 42.5 Å². The molecule has 4 fully saturated rings. The van der Waals surface area contributed by atoms with Crippen molar-refractivity contribution in [1.82, 2.24) is 40.4 Å². The summed E-state index contributed by atoms with van der Waals surface area (Å²) in [6.45, 7) is 9.23. The Morgan fingerprint density at radius 3 is 1.92 bits per heavy atom. The minimum Gasteiger partial charge on any atom is -0.488 e. The highest BCUT2D eigenvalue weighted by molar-refractivity contribution is 6.32. The van der Waals surface area contributed by atoms with Gasteiger partial charge in [0, 0.05) is 29.6 Å². The molecule has 5 aliphatic rings. The molecule has 2 saturated heterocycles. The molecule has 2 aliphatic carbocycles.